The highest BCUT2D eigenvalue weighted by molar-refractivity contribution is 6.00. The number of ether oxygens (including phenoxy) is 3. The predicted molar refractivity (Wildman–Crippen MR) is 134 cm³/mol. The Morgan fingerprint density at radius 1 is 0.838 bits per heavy atom. The average Bonchev–Trinajstić information content (AvgIpc) is 3.31. The van der Waals surface area contributed by atoms with Crippen LogP contribution in [0, 0.1) is 5.92 Å². The molecule has 2 amide bonds. The van der Waals surface area contributed by atoms with Crippen molar-refractivity contribution in [2.45, 2.75) is 33.1 Å². The Labute approximate surface area is 214 Å². The summed E-state index contributed by atoms with van der Waals surface area (Å²) in [4.78, 5) is 62.4. The number of anilines is 2. The van der Waals surface area contributed by atoms with Crippen LogP contribution in [-0.4, -0.2) is 56.1 Å². The molecule has 1 fully saturated rings. The molecule has 1 atom stereocenters. The Morgan fingerprint density at radius 3 is 1.92 bits per heavy atom. The van der Waals surface area contributed by atoms with Crippen LogP contribution in [0.5, 0.6) is 0 Å². The zero-order valence-electron chi connectivity index (χ0n) is 20.9. The smallest absolute Gasteiger partial charge is 0.338 e. The largest absolute Gasteiger partial charge is 0.462 e. The Hall–Kier alpha value is -4.21. The van der Waals surface area contributed by atoms with Crippen LogP contribution < -0.4 is 10.2 Å². The van der Waals surface area contributed by atoms with Crippen molar-refractivity contribution in [2.75, 3.05) is 36.6 Å². The van der Waals surface area contributed by atoms with Crippen molar-refractivity contribution in [1.29, 1.82) is 0 Å². The van der Waals surface area contributed by atoms with E-state index in [1.165, 1.54) is 17.0 Å². The first-order chi connectivity index (χ1) is 17.8. The summed E-state index contributed by atoms with van der Waals surface area (Å²) in [7, 11) is 0. The van der Waals surface area contributed by atoms with Gasteiger partial charge in [-0.05, 0) is 61.4 Å². The summed E-state index contributed by atoms with van der Waals surface area (Å²) in [6.07, 6.45) is 1.39. The molecule has 1 N–H and O–H groups in total. The van der Waals surface area contributed by atoms with Crippen molar-refractivity contribution in [3.63, 3.8) is 0 Å². The molecule has 0 bridgehead atoms. The van der Waals surface area contributed by atoms with Crippen LogP contribution >= 0.6 is 0 Å². The third-order valence-corrected chi connectivity index (χ3v) is 5.50. The van der Waals surface area contributed by atoms with E-state index in [0.29, 0.717) is 35.7 Å². The lowest BCUT2D eigenvalue weighted by Crippen LogP contribution is -2.28. The van der Waals surface area contributed by atoms with E-state index >= 15 is 0 Å². The highest BCUT2D eigenvalue weighted by Gasteiger charge is 2.36. The van der Waals surface area contributed by atoms with Gasteiger partial charge in [0.05, 0.1) is 30.3 Å². The first kappa shape index (κ1) is 27.4. The fraction of sp³-hybridized carbons (Fsp3) is 0.370. The zero-order valence-corrected chi connectivity index (χ0v) is 20.9. The second-order valence-electron chi connectivity index (χ2n) is 8.46. The normalized spacial score (nSPS) is 14.7. The van der Waals surface area contributed by atoms with Crippen LogP contribution in [0.25, 0.3) is 0 Å². The van der Waals surface area contributed by atoms with Gasteiger partial charge < -0.3 is 24.4 Å². The van der Waals surface area contributed by atoms with E-state index in [0.717, 1.165) is 12.8 Å². The van der Waals surface area contributed by atoms with Crippen LogP contribution in [0.15, 0.2) is 48.5 Å². The van der Waals surface area contributed by atoms with Gasteiger partial charge in [-0.1, -0.05) is 13.8 Å². The van der Waals surface area contributed by atoms with Gasteiger partial charge in [0.25, 0.3) is 5.91 Å². The van der Waals surface area contributed by atoms with E-state index in [-0.39, 0.29) is 18.9 Å². The van der Waals surface area contributed by atoms with Gasteiger partial charge in [-0.2, -0.15) is 0 Å². The first-order valence-corrected chi connectivity index (χ1v) is 12.1. The molecule has 196 valence electrons. The number of rotatable bonds is 11. The van der Waals surface area contributed by atoms with Crippen LogP contribution in [0.1, 0.15) is 53.8 Å². The summed E-state index contributed by atoms with van der Waals surface area (Å²) in [6, 6.07) is 12.5. The van der Waals surface area contributed by atoms with Crippen LogP contribution in [0.2, 0.25) is 0 Å². The maximum Gasteiger partial charge on any atom is 0.338 e. The quantitative estimate of drug-likeness (QED) is 0.360. The molecule has 10 nitrogen and oxygen atoms in total. The number of amides is 2. The van der Waals surface area contributed by atoms with Gasteiger partial charge in [0.15, 0.2) is 6.61 Å². The molecule has 2 aromatic rings. The Balaban J connectivity index is 1.47. The fourth-order valence-corrected chi connectivity index (χ4v) is 3.59. The van der Waals surface area contributed by atoms with E-state index in [1.54, 1.807) is 36.4 Å². The molecule has 1 heterocycles. The second-order valence-corrected chi connectivity index (χ2v) is 8.46. The molecule has 1 aliphatic rings. The Kier molecular flexibility index (Phi) is 9.76. The molecule has 0 radical (unpaired) electrons. The molecule has 2 aromatic carbocycles. The third-order valence-electron chi connectivity index (χ3n) is 5.50. The molecule has 1 saturated heterocycles. The van der Waals surface area contributed by atoms with Gasteiger partial charge in [-0.3, -0.25) is 14.4 Å². The van der Waals surface area contributed by atoms with E-state index in [2.05, 4.69) is 5.32 Å². The number of hydrogen-bond donors (Lipinski definition) is 1. The standard InChI is InChI=1S/C27H30N2O8/c1-3-13-35-25(32)18-5-9-21(10-6-18)28-23(30)17-37-27(34)20-15-24(31)29(16-20)22-11-7-19(8-12-22)26(33)36-14-4-2/h5-12,20H,3-4,13-17H2,1-2H3,(H,28,30). The average molecular weight is 511 g/mol. The molecule has 0 aromatic heterocycles. The van der Waals surface area contributed by atoms with Gasteiger partial charge in [-0.15, -0.1) is 0 Å². The van der Waals surface area contributed by atoms with E-state index in [1.807, 2.05) is 13.8 Å². The molecule has 10 heteroatoms. The van der Waals surface area contributed by atoms with Crippen molar-refractivity contribution in [2.24, 2.45) is 5.92 Å². The van der Waals surface area contributed by atoms with Gasteiger partial charge >= 0.3 is 17.9 Å². The second kappa shape index (κ2) is 13.2. The topological polar surface area (TPSA) is 128 Å². The Morgan fingerprint density at radius 2 is 1.38 bits per heavy atom. The minimum atomic E-state index is -0.720. The van der Waals surface area contributed by atoms with E-state index in [9.17, 15) is 24.0 Å². The highest BCUT2D eigenvalue weighted by Crippen LogP contribution is 2.26. The summed E-state index contributed by atoms with van der Waals surface area (Å²) in [5, 5.41) is 2.58. The molecular formula is C27H30N2O8. The van der Waals surface area contributed by atoms with Crippen molar-refractivity contribution in [3.05, 3.63) is 59.7 Å². The van der Waals surface area contributed by atoms with E-state index in [4.69, 9.17) is 14.2 Å². The minimum Gasteiger partial charge on any atom is -0.462 e. The highest BCUT2D eigenvalue weighted by atomic mass is 16.5. The molecule has 0 spiro atoms. The fourth-order valence-electron chi connectivity index (χ4n) is 3.59. The minimum absolute atomic E-state index is 0.0453. The van der Waals surface area contributed by atoms with Crippen molar-refractivity contribution >= 4 is 41.1 Å². The summed E-state index contributed by atoms with van der Waals surface area (Å²) >= 11 is 0. The van der Waals surface area contributed by atoms with Gasteiger partial charge in [0.2, 0.25) is 5.91 Å². The maximum atomic E-state index is 12.5. The number of carbonyl (C=O) groups is 5. The SMILES string of the molecule is CCCOC(=O)c1ccc(NC(=O)COC(=O)C2CC(=O)N(c3ccc(C(=O)OCCC)cc3)C2)cc1. The number of nitrogens with zero attached hydrogens (tertiary/aromatic N) is 1. The monoisotopic (exact) mass is 510 g/mol. The number of benzene rings is 2. The first-order valence-electron chi connectivity index (χ1n) is 12.1. The predicted octanol–water partition coefficient (Wildman–Crippen LogP) is 3.36. The molecule has 0 saturated carbocycles. The summed E-state index contributed by atoms with van der Waals surface area (Å²) < 4.78 is 15.3. The van der Waals surface area contributed by atoms with Gasteiger partial charge in [0.1, 0.15) is 0 Å². The number of hydrogen-bond acceptors (Lipinski definition) is 8. The Bertz CT molecular complexity index is 1130. The summed E-state index contributed by atoms with van der Waals surface area (Å²) in [5.41, 5.74) is 1.71. The van der Waals surface area contributed by atoms with Crippen molar-refractivity contribution in [3.8, 4) is 0 Å². The maximum absolute atomic E-state index is 12.5. The lowest BCUT2D eigenvalue weighted by Gasteiger charge is -2.17. The molecule has 0 aliphatic carbocycles. The van der Waals surface area contributed by atoms with Crippen LogP contribution in [0.4, 0.5) is 11.4 Å². The summed E-state index contributed by atoms with van der Waals surface area (Å²) in [6.45, 7) is 4.04. The van der Waals surface area contributed by atoms with Gasteiger partial charge in [-0.25, -0.2) is 9.59 Å². The molecule has 3 rings (SSSR count). The lowest BCUT2D eigenvalue weighted by atomic mass is 10.1. The van der Waals surface area contributed by atoms with Crippen molar-refractivity contribution in [1.82, 2.24) is 0 Å². The molecule has 37 heavy (non-hydrogen) atoms. The number of esters is 3. The number of nitrogens with one attached hydrogen (secondary N) is 1. The zero-order chi connectivity index (χ0) is 26.8. The van der Waals surface area contributed by atoms with Crippen LogP contribution in [-0.2, 0) is 28.6 Å². The third kappa shape index (κ3) is 7.63. The molecular weight excluding hydrogens is 480 g/mol. The molecule has 1 unspecified atom stereocenters. The van der Waals surface area contributed by atoms with E-state index < -0.39 is 36.3 Å². The number of carbonyl (C=O) groups excluding carboxylic acids is 5. The van der Waals surface area contributed by atoms with Crippen molar-refractivity contribution < 1.29 is 38.2 Å². The lowest BCUT2D eigenvalue weighted by molar-refractivity contribution is -0.151. The molecule has 1 aliphatic heterocycles. The van der Waals surface area contributed by atoms with Gasteiger partial charge in [0, 0.05) is 24.3 Å². The summed E-state index contributed by atoms with van der Waals surface area (Å²) in [5.74, 6) is -3.07. The van der Waals surface area contributed by atoms with Crippen LogP contribution in [0.3, 0.4) is 0 Å².